The first kappa shape index (κ1) is 14.1. The van der Waals surface area contributed by atoms with Gasteiger partial charge in [0.2, 0.25) is 0 Å². The predicted octanol–water partition coefficient (Wildman–Crippen LogP) is 3.64. The van der Waals surface area contributed by atoms with E-state index in [-0.39, 0.29) is 11.9 Å². The number of carbonyl (C=O) groups is 1. The lowest BCUT2D eigenvalue weighted by molar-refractivity contribution is 0.0944. The van der Waals surface area contributed by atoms with Crippen molar-refractivity contribution < 1.29 is 4.79 Å². The summed E-state index contributed by atoms with van der Waals surface area (Å²) in [5.74, 6) is 0.366. The van der Waals surface area contributed by atoms with Crippen molar-refractivity contribution >= 4 is 28.8 Å². The van der Waals surface area contributed by atoms with Crippen LogP contribution in [-0.2, 0) is 6.42 Å². The van der Waals surface area contributed by atoms with Gasteiger partial charge in [0, 0.05) is 16.8 Å². The van der Waals surface area contributed by atoms with E-state index in [4.69, 9.17) is 11.6 Å². The van der Waals surface area contributed by atoms with Gasteiger partial charge in [0.1, 0.15) is 0 Å². The number of thiophene rings is 1. The van der Waals surface area contributed by atoms with Gasteiger partial charge in [-0.3, -0.25) is 4.79 Å². The van der Waals surface area contributed by atoms with E-state index in [1.54, 1.807) is 0 Å². The third-order valence-electron chi connectivity index (χ3n) is 2.81. The summed E-state index contributed by atoms with van der Waals surface area (Å²) in [6.45, 7) is 1.99. The van der Waals surface area contributed by atoms with E-state index >= 15 is 0 Å². The Morgan fingerprint density at radius 3 is 2.58 bits per heavy atom. The normalized spacial score (nSPS) is 12.1. The Hall–Kier alpha value is -1.32. The second-order valence-corrected chi connectivity index (χ2v) is 6.02. The molecule has 2 rings (SSSR count). The van der Waals surface area contributed by atoms with Gasteiger partial charge in [0.25, 0.3) is 5.91 Å². The molecule has 0 radical (unpaired) electrons. The quantitative estimate of drug-likeness (QED) is 0.838. The Morgan fingerprint density at radius 2 is 2.00 bits per heavy atom. The Bertz CT molecular complexity index is 538. The standard InChI is InChI=1S/C15H16ClNOS/c1-11-7-8-14(19-11)15(18)17-13(10-16)9-12-5-3-2-4-6-12/h2-8,13H,9-10H2,1H3,(H,17,18). The highest BCUT2D eigenvalue weighted by atomic mass is 35.5. The molecule has 0 saturated heterocycles. The average Bonchev–Trinajstić information content (AvgIpc) is 2.86. The van der Waals surface area contributed by atoms with Crippen molar-refractivity contribution in [1.82, 2.24) is 5.32 Å². The molecule has 0 fully saturated rings. The van der Waals surface area contributed by atoms with E-state index in [0.29, 0.717) is 5.88 Å². The number of alkyl halides is 1. The van der Waals surface area contributed by atoms with Crippen molar-refractivity contribution in [3.05, 3.63) is 57.8 Å². The molecule has 1 amide bonds. The maximum Gasteiger partial charge on any atom is 0.261 e. The molecule has 2 nitrogen and oxygen atoms in total. The number of carbonyl (C=O) groups excluding carboxylic acids is 1. The number of nitrogens with one attached hydrogen (secondary N) is 1. The molecule has 0 aliphatic heterocycles. The largest absolute Gasteiger partial charge is 0.347 e. The highest BCUT2D eigenvalue weighted by Gasteiger charge is 2.14. The van der Waals surface area contributed by atoms with Gasteiger partial charge >= 0.3 is 0 Å². The highest BCUT2D eigenvalue weighted by Crippen LogP contribution is 2.15. The van der Waals surface area contributed by atoms with Crippen LogP contribution >= 0.6 is 22.9 Å². The lowest BCUT2D eigenvalue weighted by atomic mass is 10.1. The fraction of sp³-hybridized carbons (Fsp3) is 0.267. The Morgan fingerprint density at radius 1 is 1.26 bits per heavy atom. The molecule has 4 heteroatoms. The van der Waals surface area contributed by atoms with E-state index in [2.05, 4.69) is 5.32 Å². The van der Waals surface area contributed by atoms with Crippen molar-refractivity contribution in [2.45, 2.75) is 19.4 Å². The molecule has 0 saturated carbocycles. The number of amides is 1. The minimum Gasteiger partial charge on any atom is -0.347 e. The van der Waals surface area contributed by atoms with E-state index in [9.17, 15) is 4.79 Å². The molecule has 1 heterocycles. The summed E-state index contributed by atoms with van der Waals surface area (Å²) in [7, 11) is 0. The predicted molar refractivity (Wildman–Crippen MR) is 81.2 cm³/mol. The van der Waals surface area contributed by atoms with Crippen LogP contribution in [0.3, 0.4) is 0 Å². The SMILES string of the molecule is Cc1ccc(C(=O)NC(CCl)Cc2ccccc2)s1. The van der Waals surface area contributed by atoms with Crippen molar-refractivity contribution in [3.8, 4) is 0 Å². The van der Waals surface area contributed by atoms with Crippen LogP contribution in [0.1, 0.15) is 20.1 Å². The van der Waals surface area contributed by atoms with Crippen LogP contribution in [0.25, 0.3) is 0 Å². The van der Waals surface area contributed by atoms with Crippen molar-refractivity contribution in [3.63, 3.8) is 0 Å². The van der Waals surface area contributed by atoms with Gasteiger partial charge < -0.3 is 5.32 Å². The molecule has 1 atom stereocenters. The lowest BCUT2D eigenvalue weighted by Crippen LogP contribution is -2.37. The molecule has 0 aliphatic rings. The topological polar surface area (TPSA) is 29.1 Å². The molecule has 2 aromatic rings. The first-order valence-corrected chi connectivity index (χ1v) is 7.51. The van der Waals surface area contributed by atoms with E-state index in [1.807, 2.05) is 49.4 Å². The summed E-state index contributed by atoms with van der Waals surface area (Å²) >= 11 is 7.44. The van der Waals surface area contributed by atoms with Crippen LogP contribution in [0, 0.1) is 6.92 Å². The van der Waals surface area contributed by atoms with Crippen molar-refractivity contribution in [1.29, 1.82) is 0 Å². The maximum atomic E-state index is 12.1. The number of benzene rings is 1. The van der Waals surface area contributed by atoms with Crippen LogP contribution in [0.4, 0.5) is 0 Å². The fourth-order valence-corrected chi connectivity index (χ4v) is 2.81. The number of rotatable bonds is 5. The molecule has 0 spiro atoms. The summed E-state index contributed by atoms with van der Waals surface area (Å²) in [5.41, 5.74) is 1.18. The number of halogens is 1. The van der Waals surface area contributed by atoms with Crippen LogP contribution in [-0.4, -0.2) is 17.8 Å². The van der Waals surface area contributed by atoms with Gasteiger partial charge in [-0.05, 0) is 31.0 Å². The van der Waals surface area contributed by atoms with Crippen molar-refractivity contribution in [2.24, 2.45) is 0 Å². The zero-order valence-corrected chi connectivity index (χ0v) is 12.3. The summed E-state index contributed by atoms with van der Waals surface area (Å²) in [6.07, 6.45) is 0.750. The second-order valence-electron chi connectivity index (χ2n) is 4.42. The smallest absolute Gasteiger partial charge is 0.261 e. The monoisotopic (exact) mass is 293 g/mol. The first-order valence-electron chi connectivity index (χ1n) is 6.16. The number of aryl methyl sites for hydroxylation is 1. The molecule has 1 N–H and O–H groups in total. The van der Waals surface area contributed by atoms with Crippen LogP contribution < -0.4 is 5.32 Å². The van der Waals surface area contributed by atoms with Gasteiger partial charge in [-0.25, -0.2) is 0 Å². The molecule has 0 aliphatic carbocycles. The fourth-order valence-electron chi connectivity index (χ4n) is 1.86. The molecular formula is C15H16ClNOS. The van der Waals surface area contributed by atoms with Crippen LogP contribution in [0.5, 0.6) is 0 Å². The summed E-state index contributed by atoms with van der Waals surface area (Å²) in [4.78, 5) is 13.9. The van der Waals surface area contributed by atoms with Crippen molar-refractivity contribution in [2.75, 3.05) is 5.88 Å². The zero-order valence-electron chi connectivity index (χ0n) is 10.7. The Labute approximate surface area is 122 Å². The van der Waals surface area contributed by atoms with E-state index in [0.717, 1.165) is 16.2 Å². The molecule has 0 bridgehead atoms. The molecule has 1 unspecified atom stereocenters. The summed E-state index contributed by atoms with van der Waals surface area (Å²) in [6, 6.07) is 13.8. The summed E-state index contributed by atoms with van der Waals surface area (Å²) < 4.78 is 0. The minimum absolute atomic E-state index is 0.0420. The third-order valence-corrected chi connectivity index (χ3v) is 4.18. The molecular weight excluding hydrogens is 278 g/mol. The molecule has 100 valence electrons. The van der Waals surface area contributed by atoms with Gasteiger partial charge in [0.05, 0.1) is 4.88 Å². The van der Waals surface area contributed by atoms with Gasteiger partial charge in [-0.1, -0.05) is 30.3 Å². The first-order chi connectivity index (χ1) is 9.19. The maximum absolute atomic E-state index is 12.1. The average molecular weight is 294 g/mol. The van der Waals surface area contributed by atoms with Gasteiger partial charge in [-0.2, -0.15) is 0 Å². The molecule has 1 aromatic carbocycles. The zero-order chi connectivity index (χ0) is 13.7. The van der Waals surface area contributed by atoms with Gasteiger partial charge in [0.15, 0.2) is 0 Å². The Kier molecular flexibility index (Phi) is 5.00. The molecule has 19 heavy (non-hydrogen) atoms. The number of hydrogen-bond donors (Lipinski definition) is 1. The number of hydrogen-bond acceptors (Lipinski definition) is 2. The van der Waals surface area contributed by atoms with Crippen LogP contribution in [0.15, 0.2) is 42.5 Å². The Balaban J connectivity index is 1.97. The second kappa shape index (κ2) is 6.73. The summed E-state index contributed by atoms with van der Waals surface area (Å²) in [5, 5.41) is 2.98. The van der Waals surface area contributed by atoms with Gasteiger partial charge in [-0.15, -0.1) is 22.9 Å². The minimum atomic E-state index is -0.0426. The van der Waals surface area contributed by atoms with Crippen LogP contribution in [0.2, 0.25) is 0 Å². The molecule has 1 aromatic heterocycles. The van der Waals surface area contributed by atoms with E-state index in [1.165, 1.54) is 16.9 Å². The third kappa shape index (κ3) is 4.08. The van der Waals surface area contributed by atoms with E-state index < -0.39 is 0 Å². The highest BCUT2D eigenvalue weighted by molar-refractivity contribution is 7.13. The lowest BCUT2D eigenvalue weighted by Gasteiger charge is -2.15.